The fraction of sp³-hybridized carbons (Fsp3) is 0.333. The summed E-state index contributed by atoms with van der Waals surface area (Å²) >= 11 is 0. The number of hydrogen-bond donors (Lipinski definition) is 1. The van der Waals surface area contributed by atoms with E-state index in [0.29, 0.717) is 12.1 Å². The van der Waals surface area contributed by atoms with Crippen LogP contribution in [0.25, 0.3) is 0 Å². The molecule has 1 heterocycles. The van der Waals surface area contributed by atoms with E-state index in [1.54, 1.807) is 12.5 Å². The lowest BCUT2D eigenvalue weighted by molar-refractivity contribution is 0.486. The van der Waals surface area contributed by atoms with Crippen LogP contribution < -0.4 is 5.32 Å². The summed E-state index contributed by atoms with van der Waals surface area (Å²) in [7, 11) is 0. The third-order valence-corrected chi connectivity index (χ3v) is 3.12. The summed E-state index contributed by atoms with van der Waals surface area (Å²) < 4.78 is 5.10. The van der Waals surface area contributed by atoms with Crippen LogP contribution in [0.4, 0.5) is 0 Å². The van der Waals surface area contributed by atoms with Gasteiger partial charge in [-0.15, -0.1) is 0 Å². The van der Waals surface area contributed by atoms with E-state index >= 15 is 0 Å². The molecule has 17 heavy (non-hydrogen) atoms. The van der Waals surface area contributed by atoms with Crippen LogP contribution >= 0.6 is 0 Å². The minimum Gasteiger partial charge on any atom is -0.472 e. The molecule has 1 aromatic carbocycles. The number of aryl methyl sites for hydroxylation is 1. The topological polar surface area (TPSA) is 25.2 Å². The third-order valence-electron chi connectivity index (χ3n) is 3.12. The van der Waals surface area contributed by atoms with Crippen LogP contribution in [0, 0.1) is 6.92 Å². The summed E-state index contributed by atoms with van der Waals surface area (Å²) in [6.07, 6.45) is 3.50. The van der Waals surface area contributed by atoms with E-state index in [2.05, 4.69) is 50.4 Å². The lowest BCUT2D eigenvalue weighted by atomic mass is 10.0. The number of benzene rings is 1. The van der Waals surface area contributed by atoms with E-state index in [9.17, 15) is 0 Å². The maximum atomic E-state index is 5.10. The molecule has 0 bridgehead atoms. The lowest BCUT2D eigenvalue weighted by Crippen LogP contribution is -2.22. The van der Waals surface area contributed by atoms with Gasteiger partial charge in [-0.3, -0.25) is 0 Å². The molecule has 0 aliphatic heterocycles. The molecule has 0 saturated heterocycles. The number of furan rings is 1. The molecule has 0 radical (unpaired) electrons. The molecule has 0 saturated carbocycles. The van der Waals surface area contributed by atoms with E-state index in [0.717, 1.165) is 0 Å². The molecule has 1 aromatic heterocycles. The molecule has 2 atom stereocenters. The van der Waals surface area contributed by atoms with Crippen molar-refractivity contribution in [3.8, 4) is 0 Å². The molecule has 90 valence electrons. The second-order valence-corrected chi connectivity index (χ2v) is 4.58. The van der Waals surface area contributed by atoms with Crippen LogP contribution in [0.3, 0.4) is 0 Å². The van der Waals surface area contributed by atoms with Gasteiger partial charge >= 0.3 is 0 Å². The van der Waals surface area contributed by atoms with Gasteiger partial charge in [0.2, 0.25) is 0 Å². The highest BCUT2D eigenvalue weighted by Gasteiger charge is 2.11. The minimum absolute atomic E-state index is 0.296. The molecule has 0 spiro atoms. The van der Waals surface area contributed by atoms with Crippen LogP contribution in [-0.4, -0.2) is 0 Å². The Morgan fingerprint density at radius 1 is 0.941 bits per heavy atom. The average Bonchev–Trinajstić information content (AvgIpc) is 2.83. The van der Waals surface area contributed by atoms with Crippen LogP contribution in [0.1, 0.15) is 42.6 Å². The van der Waals surface area contributed by atoms with Gasteiger partial charge in [-0.25, -0.2) is 0 Å². The Kier molecular flexibility index (Phi) is 3.64. The SMILES string of the molecule is Cc1ccc([C@H](C)NC(C)c2ccoc2)cc1. The van der Waals surface area contributed by atoms with Gasteiger partial charge in [0.1, 0.15) is 0 Å². The first kappa shape index (κ1) is 11.9. The summed E-state index contributed by atoms with van der Waals surface area (Å²) in [4.78, 5) is 0. The van der Waals surface area contributed by atoms with Crippen molar-refractivity contribution in [1.29, 1.82) is 0 Å². The van der Waals surface area contributed by atoms with Crippen LogP contribution in [0.5, 0.6) is 0 Å². The van der Waals surface area contributed by atoms with E-state index in [1.807, 2.05) is 6.07 Å². The van der Waals surface area contributed by atoms with Crippen molar-refractivity contribution in [3.63, 3.8) is 0 Å². The highest BCUT2D eigenvalue weighted by molar-refractivity contribution is 5.24. The van der Waals surface area contributed by atoms with Gasteiger partial charge in [-0.2, -0.15) is 0 Å². The molecule has 2 heteroatoms. The standard InChI is InChI=1S/C15H19NO/c1-11-4-6-14(7-5-11)12(2)16-13(3)15-8-9-17-10-15/h4-10,12-13,16H,1-3H3/t12-,13?/m0/s1. The second-order valence-electron chi connectivity index (χ2n) is 4.58. The van der Waals surface area contributed by atoms with Crippen LogP contribution in [-0.2, 0) is 0 Å². The quantitative estimate of drug-likeness (QED) is 0.857. The maximum Gasteiger partial charge on any atom is 0.0950 e. The zero-order chi connectivity index (χ0) is 12.3. The van der Waals surface area contributed by atoms with Crippen molar-refractivity contribution in [2.24, 2.45) is 0 Å². The predicted molar refractivity (Wildman–Crippen MR) is 69.9 cm³/mol. The Hall–Kier alpha value is -1.54. The second kappa shape index (κ2) is 5.19. The van der Waals surface area contributed by atoms with Gasteiger partial charge in [0.15, 0.2) is 0 Å². The van der Waals surface area contributed by atoms with Gasteiger partial charge in [0.25, 0.3) is 0 Å². The van der Waals surface area contributed by atoms with E-state index in [-0.39, 0.29) is 0 Å². The zero-order valence-corrected chi connectivity index (χ0v) is 10.6. The molecule has 2 aromatic rings. The Morgan fingerprint density at radius 2 is 1.59 bits per heavy atom. The largest absolute Gasteiger partial charge is 0.472 e. The number of nitrogens with one attached hydrogen (secondary N) is 1. The van der Waals surface area contributed by atoms with Crippen molar-refractivity contribution in [2.75, 3.05) is 0 Å². The molecular formula is C15H19NO. The Bertz CT molecular complexity index is 444. The third kappa shape index (κ3) is 2.98. The van der Waals surface area contributed by atoms with Crippen LogP contribution in [0.15, 0.2) is 47.3 Å². The van der Waals surface area contributed by atoms with Crippen molar-refractivity contribution >= 4 is 0 Å². The minimum atomic E-state index is 0.296. The molecule has 2 rings (SSSR count). The number of hydrogen-bond acceptors (Lipinski definition) is 2. The smallest absolute Gasteiger partial charge is 0.0950 e. The van der Waals surface area contributed by atoms with Crippen molar-refractivity contribution < 1.29 is 4.42 Å². The molecule has 0 aliphatic rings. The van der Waals surface area contributed by atoms with Gasteiger partial charge < -0.3 is 9.73 Å². The van der Waals surface area contributed by atoms with E-state index in [1.165, 1.54) is 16.7 Å². The summed E-state index contributed by atoms with van der Waals surface area (Å²) in [6.45, 7) is 6.44. The molecule has 1 unspecified atom stereocenters. The fourth-order valence-electron chi connectivity index (χ4n) is 1.94. The Morgan fingerprint density at radius 3 is 2.18 bits per heavy atom. The van der Waals surface area contributed by atoms with Crippen LogP contribution in [0.2, 0.25) is 0 Å². The summed E-state index contributed by atoms with van der Waals surface area (Å²) in [5.74, 6) is 0. The average molecular weight is 229 g/mol. The predicted octanol–water partition coefficient (Wildman–Crippen LogP) is 4.00. The summed E-state index contributed by atoms with van der Waals surface area (Å²) in [5.41, 5.74) is 3.79. The summed E-state index contributed by atoms with van der Waals surface area (Å²) in [6, 6.07) is 11.3. The monoisotopic (exact) mass is 229 g/mol. The Balaban J connectivity index is 2.01. The number of rotatable bonds is 4. The lowest BCUT2D eigenvalue weighted by Gasteiger charge is -2.19. The van der Waals surface area contributed by atoms with Gasteiger partial charge in [0.05, 0.1) is 12.5 Å². The zero-order valence-electron chi connectivity index (χ0n) is 10.6. The molecular weight excluding hydrogens is 210 g/mol. The van der Waals surface area contributed by atoms with Crippen molar-refractivity contribution in [1.82, 2.24) is 5.32 Å². The first-order valence-corrected chi connectivity index (χ1v) is 6.01. The van der Waals surface area contributed by atoms with Crippen molar-refractivity contribution in [3.05, 3.63) is 59.5 Å². The normalized spacial score (nSPS) is 14.5. The van der Waals surface area contributed by atoms with E-state index < -0.39 is 0 Å². The fourth-order valence-corrected chi connectivity index (χ4v) is 1.94. The maximum absolute atomic E-state index is 5.10. The summed E-state index contributed by atoms with van der Waals surface area (Å²) in [5, 5.41) is 3.56. The highest BCUT2D eigenvalue weighted by Crippen LogP contribution is 2.19. The first-order valence-electron chi connectivity index (χ1n) is 6.01. The molecule has 2 nitrogen and oxygen atoms in total. The van der Waals surface area contributed by atoms with E-state index in [4.69, 9.17) is 4.42 Å². The van der Waals surface area contributed by atoms with Gasteiger partial charge in [-0.05, 0) is 32.4 Å². The molecule has 1 N–H and O–H groups in total. The first-order chi connectivity index (χ1) is 8.16. The van der Waals surface area contributed by atoms with Crippen molar-refractivity contribution in [2.45, 2.75) is 32.9 Å². The molecule has 0 fully saturated rings. The highest BCUT2D eigenvalue weighted by atomic mass is 16.3. The molecule has 0 amide bonds. The Labute approximate surface area is 103 Å². The van der Waals surface area contributed by atoms with Gasteiger partial charge in [0, 0.05) is 17.6 Å². The van der Waals surface area contributed by atoms with Gasteiger partial charge in [-0.1, -0.05) is 29.8 Å². The molecule has 0 aliphatic carbocycles.